The number of carbonyl (C=O) groups excluding carboxylic acids is 1. The zero-order chi connectivity index (χ0) is 21.1. The fourth-order valence-corrected chi connectivity index (χ4v) is 3.77. The molecule has 0 saturated carbocycles. The average molecular weight is 434 g/mol. The highest BCUT2D eigenvalue weighted by Crippen LogP contribution is 2.30. The highest BCUT2D eigenvalue weighted by molar-refractivity contribution is 7.86. The van der Waals surface area contributed by atoms with E-state index in [9.17, 15) is 36.5 Å². The van der Waals surface area contributed by atoms with E-state index in [-0.39, 0.29) is 15.5 Å². The number of halogens is 3. The summed E-state index contributed by atoms with van der Waals surface area (Å²) >= 11 is 0. The SMILES string of the molecule is CS(=O)c1ccc(S(=O)CC(=O)Nc2cccc(C(F)(F)F)c2)c([N+](=O)[O-])c1. The molecule has 2 rings (SSSR count). The van der Waals surface area contributed by atoms with Crippen LogP contribution in [0.4, 0.5) is 24.5 Å². The molecule has 0 saturated heterocycles. The third kappa shape index (κ3) is 5.45. The normalized spacial score (nSPS) is 13.6. The van der Waals surface area contributed by atoms with Crippen molar-refractivity contribution in [2.75, 3.05) is 17.3 Å². The van der Waals surface area contributed by atoms with Gasteiger partial charge in [0.1, 0.15) is 10.6 Å². The van der Waals surface area contributed by atoms with Crippen molar-refractivity contribution in [1.29, 1.82) is 0 Å². The largest absolute Gasteiger partial charge is 0.416 e. The van der Waals surface area contributed by atoms with Crippen molar-refractivity contribution in [2.45, 2.75) is 16.0 Å². The van der Waals surface area contributed by atoms with Crippen molar-refractivity contribution < 1.29 is 31.3 Å². The first-order chi connectivity index (χ1) is 13.0. The van der Waals surface area contributed by atoms with E-state index in [0.717, 1.165) is 24.3 Å². The van der Waals surface area contributed by atoms with E-state index < -0.39 is 55.6 Å². The highest BCUT2D eigenvalue weighted by atomic mass is 32.2. The Hall–Kier alpha value is -2.60. The first kappa shape index (κ1) is 21.7. The molecule has 2 aromatic rings. The zero-order valence-electron chi connectivity index (χ0n) is 14.2. The number of alkyl halides is 3. The first-order valence-corrected chi connectivity index (χ1v) is 10.3. The van der Waals surface area contributed by atoms with Gasteiger partial charge < -0.3 is 5.32 Å². The van der Waals surface area contributed by atoms with Gasteiger partial charge in [-0.25, -0.2) is 0 Å². The molecule has 0 bridgehead atoms. The molecule has 0 heterocycles. The Balaban J connectivity index is 2.18. The van der Waals surface area contributed by atoms with Crippen molar-refractivity contribution in [1.82, 2.24) is 0 Å². The molecule has 0 fully saturated rings. The molecular formula is C16H13F3N2O5S2. The maximum atomic E-state index is 12.7. The number of nitro groups is 1. The molecule has 28 heavy (non-hydrogen) atoms. The molecule has 1 N–H and O–H groups in total. The van der Waals surface area contributed by atoms with E-state index in [1.165, 1.54) is 18.4 Å². The minimum Gasteiger partial charge on any atom is -0.325 e. The number of benzene rings is 2. The molecule has 0 spiro atoms. The molecule has 150 valence electrons. The van der Waals surface area contributed by atoms with Crippen LogP contribution in [0.25, 0.3) is 0 Å². The van der Waals surface area contributed by atoms with Crippen LogP contribution >= 0.6 is 0 Å². The van der Waals surface area contributed by atoms with Gasteiger partial charge in [0.05, 0.1) is 32.1 Å². The van der Waals surface area contributed by atoms with Gasteiger partial charge in [0.25, 0.3) is 5.69 Å². The molecule has 12 heteroatoms. The van der Waals surface area contributed by atoms with Crippen LogP contribution in [0.1, 0.15) is 5.56 Å². The standard InChI is InChI=1S/C16H13F3N2O5S2/c1-27(25)12-5-6-14(13(8-12)21(23)24)28(26)9-15(22)20-11-4-2-3-10(7-11)16(17,18)19/h2-8H,9H2,1H3,(H,20,22). The molecule has 2 atom stereocenters. The van der Waals surface area contributed by atoms with Crippen LogP contribution in [0.15, 0.2) is 52.3 Å². The monoisotopic (exact) mass is 434 g/mol. The van der Waals surface area contributed by atoms with E-state index >= 15 is 0 Å². The first-order valence-electron chi connectivity index (χ1n) is 7.46. The summed E-state index contributed by atoms with van der Waals surface area (Å²) in [5.74, 6) is -1.58. The van der Waals surface area contributed by atoms with E-state index in [1.807, 2.05) is 0 Å². The predicted molar refractivity (Wildman–Crippen MR) is 96.8 cm³/mol. The van der Waals surface area contributed by atoms with Crippen LogP contribution in [0.2, 0.25) is 0 Å². The van der Waals surface area contributed by atoms with Gasteiger partial charge in [0, 0.05) is 22.9 Å². The molecule has 2 unspecified atom stereocenters. The quantitative estimate of drug-likeness (QED) is 0.556. The summed E-state index contributed by atoms with van der Waals surface area (Å²) in [4.78, 5) is 22.3. The van der Waals surface area contributed by atoms with E-state index in [2.05, 4.69) is 5.32 Å². The molecule has 2 aromatic carbocycles. The topological polar surface area (TPSA) is 106 Å². The van der Waals surface area contributed by atoms with Crippen LogP contribution in [0, 0.1) is 10.1 Å². The number of amides is 1. The van der Waals surface area contributed by atoms with Gasteiger partial charge in [-0.05, 0) is 30.3 Å². The van der Waals surface area contributed by atoms with Gasteiger partial charge >= 0.3 is 6.18 Å². The van der Waals surface area contributed by atoms with Crippen LogP contribution in [-0.4, -0.2) is 31.3 Å². The lowest BCUT2D eigenvalue weighted by molar-refractivity contribution is -0.388. The third-order valence-corrected chi connectivity index (χ3v) is 5.72. The van der Waals surface area contributed by atoms with Gasteiger partial charge in [-0.2, -0.15) is 13.2 Å². The Kier molecular flexibility index (Phi) is 6.67. The molecule has 0 aliphatic rings. The number of rotatable bonds is 6. The fourth-order valence-electron chi connectivity index (χ4n) is 2.18. The maximum absolute atomic E-state index is 12.7. The number of nitrogens with one attached hydrogen (secondary N) is 1. The van der Waals surface area contributed by atoms with Crippen molar-refractivity contribution in [3.05, 3.63) is 58.1 Å². The van der Waals surface area contributed by atoms with E-state index in [0.29, 0.717) is 6.07 Å². The third-order valence-electron chi connectivity index (χ3n) is 3.44. The minimum atomic E-state index is -4.59. The van der Waals surface area contributed by atoms with Gasteiger partial charge in [0.15, 0.2) is 0 Å². The Morgan fingerprint density at radius 3 is 2.43 bits per heavy atom. The predicted octanol–water partition coefficient (Wildman–Crippen LogP) is 3.10. The summed E-state index contributed by atoms with van der Waals surface area (Å²) in [6, 6.07) is 7.32. The fraction of sp³-hybridized carbons (Fsp3) is 0.188. The molecule has 7 nitrogen and oxygen atoms in total. The van der Waals surface area contributed by atoms with Crippen LogP contribution in [0.5, 0.6) is 0 Å². The lowest BCUT2D eigenvalue weighted by Crippen LogP contribution is -2.20. The number of hydrogen-bond acceptors (Lipinski definition) is 5. The molecule has 1 amide bonds. The minimum absolute atomic E-state index is 0.150. The summed E-state index contributed by atoms with van der Waals surface area (Å²) in [5.41, 5.74) is -1.67. The van der Waals surface area contributed by atoms with Crippen LogP contribution in [0.3, 0.4) is 0 Å². The Labute approximate surface area is 162 Å². The van der Waals surface area contributed by atoms with Crippen LogP contribution < -0.4 is 5.32 Å². The molecule has 0 aliphatic carbocycles. The number of nitro benzene ring substituents is 1. The summed E-state index contributed by atoms with van der Waals surface area (Å²) in [5, 5.41) is 13.4. The Bertz CT molecular complexity index is 979. The summed E-state index contributed by atoms with van der Waals surface area (Å²) in [6.07, 6.45) is -3.27. The van der Waals surface area contributed by atoms with Crippen molar-refractivity contribution in [2.24, 2.45) is 0 Å². The van der Waals surface area contributed by atoms with Crippen molar-refractivity contribution in [3.63, 3.8) is 0 Å². The molecular weight excluding hydrogens is 421 g/mol. The lowest BCUT2D eigenvalue weighted by Gasteiger charge is -2.10. The van der Waals surface area contributed by atoms with E-state index in [1.54, 1.807) is 0 Å². The van der Waals surface area contributed by atoms with Gasteiger partial charge in [-0.3, -0.25) is 23.3 Å². The molecule has 0 aliphatic heterocycles. The smallest absolute Gasteiger partial charge is 0.325 e. The van der Waals surface area contributed by atoms with Gasteiger partial charge in [-0.1, -0.05) is 6.07 Å². The lowest BCUT2D eigenvalue weighted by atomic mass is 10.2. The molecule has 0 aromatic heterocycles. The number of nitrogens with zero attached hydrogens (tertiary/aromatic N) is 1. The Morgan fingerprint density at radius 2 is 1.86 bits per heavy atom. The summed E-state index contributed by atoms with van der Waals surface area (Å²) in [6.45, 7) is 0. The highest BCUT2D eigenvalue weighted by Gasteiger charge is 2.30. The van der Waals surface area contributed by atoms with Crippen LogP contribution in [-0.2, 0) is 32.6 Å². The van der Waals surface area contributed by atoms with Gasteiger partial charge in [-0.15, -0.1) is 0 Å². The van der Waals surface area contributed by atoms with Gasteiger partial charge in [0.2, 0.25) is 5.91 Å². The van der Waals surface area contributed by atoms with Crippen molar-refractivity contribution >= 4 is 38.9 Å². The summed E-state index contributed by atoms with van der Waals surface area (Å²) in [7, 11) is -3.64. The summed E-state index contributed by atoms with van der Waals surface area (Å²) < 4.78 is 61.9. The number of carbonyl (C=O) groups is 1. The average Bonchev–Trinajstić information content (AvgIpc) is 2.60. The van der Waals surface area contributed by atoms with E-state index in [4.69, 9.17) is 0 Å². The maximum Gasteiger partial charge on any atom is 0.416 e. The van der Waals surface area contributed by atoms with Crippen molar-refractivity contribution in [3.8, 4) is 0 Å². The second-order valence-corrected chi connectivity index (χ2v) is 8.26. The second kappa shape index (κ2) is 8.61. The second-order valence-electron chi connectivity index (χ2n) is 5.46. The Morgan fingerprint density at radius 1 is 1.18 bits per heavy atom. The molecule has 0 radical (unpaired) electrons. The number of anilines is 1. The number of hydrogen-bond donors (Lipinski definition) is 1. The zero-order valence-corrected chi connectivity index (χ0v) is 15.8.